The van der Waals surface area contributed by atoms with Gasteiger partial charge in [-0.15, -0.1) is 0 Å². The highest BCUT2D eigenvalue weighted by molar-refractivity contribution is 7.91. The van der Waals surface area contributed by atoms with E-state index in [1.165, 1.54) is 32.1 Å². The fraction of sp³-hybridized carbons (Fsp3) is 1.00. The van der Waals surface area contributed by atoms with E-state index in [1.54, 1.807) is 0 Å². The van der Waals surface area contributed by atoms with Crippen LogP contribution in [0, 0.1) is 10.8 Å². The summed E-state index contributed by atoms with van der Waals surface area (Å²) in [7, 11) is 0. The molecule has 1 atom stereocenters. The molecule has 0 fully saturated rings. The third-order valence-corrected chi connectivity index (χ3v) is 6.38. The van der Waals surface area contributed by atoms with E-state index in [0.717, 1.165) is 43.6 Å². The Kier molecular flexibility index (Phi) is 12.8. The van der Waals surface area contributed by atoms with Gasteiger partial charge in [-0.1, -0.05) is 52.2 Å². The standard InChI is InChI=1S/C20H42O2S/c1-6-12-19(2,3)13-7-9-17-23(22)18-10-8-14-20(4,5)15-11-16-21/h21H,6-18H2,1-5H3. The van der Waals surface area contributed by atoms with E-state index in [0.29, 0.717) is 17.4 Å². The van der Waals surface area contributed by atoms with E-state index in [4.69, 9.17) is 5.11 Å². The van der Waals surface area contributed by atoms with Gasteiger partial charge in [0.15, 0.2) is 0 Å². The molecule has 0 spiro atoms. The van der Waals surface area contributed by atoms with Crippen LogP contribution in [0.15, 0.2) is 0 Å². The highest BCUT2D eigenvalue weighted by Crippen LogP contribution is 2.30. The minimum Gasteiger partial charge on any atom is -0.616 e. The molecule has 0 bridgehead atoms. The Morgan fingerprint density at radius 1 is 0.739 bits per heavy atom. The molecule has 0 saturated carbocycles. The van der Waals surface area contributed by atoms with Crippen molar-refractivity contribution in [1.29, 1.82) is 0 Å². The van der Waals surface area contributed by atoms with Gasteiger partial charge in [0.05, 0.1) is 0 Å². The van der Waals surface area contributed by atoms with Crippen molar-refractivity contribution in [3.05, 3.63) is 0 Å². The Hall–Kier alpha value is 0.270. The lowest BCUT2D eigenvalue weighted by Crippen LogP contribution is -2.15. The molecule has 0 heterocycles. The van der Waals surface area contributed by atoms with Crippen molar-refractivity contribution in [1.82, 2.24) is 0 Å². The molecule has 1 N–H and O–H groups in total. The zero-order chi connectivity index (χ0) is 17.8. The topological polar surface area (TPSA) is 43.3 Å². The first-order valence-electron chi connectivity index (χ1n) is 9.68. The summed E-state index contributed by atoms with van der Waals surface area (Å²) in [6.45, 7) is 11.8. The highest BCUT2D eigenvalue weighted by atomic mass is 32.2. The van der Waals surface area contributed by atoms with Gasteiger partial charge in [0.25, 0.3) is 0 Å². The Balaban J connectivity index is 3.62. The summed E-state index contributed by atoms with van der Waals surface area (Å²) >= 11 is -0.626. The van der Waals surface area contributed by atoms with Crippen molar-refractivity contribution >= 4 is 11.2 Å². The zero-order valence-corrected chi connectivity index (χ0v) is 17.3. The van der Waals surface area contributed by atoms with Crippen molar-refractivity contribution in [2.75, 3.05) is 18.1 Å². The molecule has 3 heteroatoms. The number of rotatable bonds is 15. The largest absolute Gasteiger partial charge is 0.616 e. The van der Waals surface area contributed by atoms with Crippen molar-refractivity contribution in [3.63, 3.8) is 0 Å². The monoisotopic (exact) mass is 346 g/mol. The van der Waals surface area contributed by atoms with E-state index < -0.39 is 11.2 Å². The van der Waals surface area contributed by atoms with Gasteiger partial charge in [-0.3, -0.25) is 0 Å². The summed E-state index contributed by atoms with van der Waals surface area (Å²) in [5.41, 5.74) is 0.769. The Morgan fingerprint density at radius 3 is 1.61 bits per heavy atom. The summed E-state index contributed by atoms with van der Waals surface area (Å²) in [5, 5.41) is 8.92. The lowest BCUT2D eigenvalue weighted by atomic mass is 9.83. The summed E-state index contributed by atoms with van der Waals surface area (Å²) in [6.07, 6.45) is 11.5. The number of hydrogen-bond donors (Lipinski definition) is 1. The van der Waals surface area contributed by atoms with Crippen molar-refractivity contribution in [3.8, 4) is 0 Å². The molecule has 0 radical (unpaired) electrons. The maximum absolute atomic E-state index is 12.1. The molecule has 0 rings (SSSR count). The van der Waals surface area contributed by atoms with Crippen LogP contribution in [-0.2, 0) is 11.2 Å². The quantitative estimate of drug-likeness (QED) is 0.305. The fourth-order valence-corrected chi connectivity index (χ4v) is 4.58. The van der Waals surface area contributed by atoms with E-state index in [-0.39, 0.29) is 0 Å². The van der Waals surface area contributed by atoms with Gasteiger partial charge in [0.2, 0.25) is 0 Å². The van der Waals surface area contributed by atoms with Gasteiger partial charge in [0.1, 0.15) is 11.5 Å². The third-order valence-electron chi connectivity index (χ3n) is 4.89. The lowest BCUT2D eigenvalue weighted by Gasteiger charge is -2.24. The van der Waals surface area contributed by atoms with Gasteiger partial charge in [-0.25, -0.2) is 0 Å². The molecule has 2 nitrogen and oxygen atoms in total. The first-order chi connectivity index (χ1) is 10.7. The van der Waals surface area contributed by atoms with Gasteiger partial charge < -0.3 is 9.66 Å². The van der Waals surface area contributed by atoms with Crippen LogP contribution in [0.1, 0.15) is 98.8 Å². The molecule has 23 heavy (non-hydrogen) atoms. The lowest BCUT2D eigenvalue weighted by molar-refractivity contribution is 0.229. The zero-order valence-electron chi connectivity index (χ0n) is 16.5. The predicted molar refractivity (Wildman–Crippen MR) is 104 cm³/mol. The molecule has 0 aromatic rings. The average Bonchev–Trinajstić information content (AvgIpc) is 2.46. The van der Waals surface area contributed by atoms with Gasteiger partial charge in [0, 0.05) is 6.61 Å². The molecule has 0 saturated heterocycles. The second-order valence-electron chi connectivity index (χ2n) is 8.67. The fourth-order valence-electron chi connectivity index (χ4n) is 3.32. The van der Waals surface area contributed by atoms with E-state index in [2.05, 4.69) is 34.6 Å². The Labute approximate surface area is 149 Å². The Morgan fingerprint density at radius 2 is 1.17 bits per heavy atom. The van der Waals surface area contributed by atoms with Crippen LogP contribution >= 0.6 is 0 Å². The van der Waals surface area contributed by atoms with E-state index in [1.807, 2.05) is 0 Å². The average molecular weight is 347 g/mol. The molecule has 0 aliphatic carbocycles. The van der Waals surface area contributed by atoms with Crippen LogP contribution in [0.25, 0.3) is 0 Å². The van der Waals surface area contributed by atoms with E-state index in [9.17, 15) is 4.55 Å². The molecule has 1 unspecified atom stereocenters. The molecule has 0 amide bonds. The number of hydrogen-bond acceptors (Lipinski definition) is 2. The number of aliphatic hydroxyl groups excluding tert-OH is 1. The molecular formula is C20H42O2S. The number of aliphatic hydroxyl groups is 1. The summed E-state index contributed by atoms with van der Waals surface area (Å²) in [4.78, 5) is 0. The minimum absolute atomic E-state index is 0.294. The molecule has 140 valence electrons. The smallest absolute Gasteiger partial charge is 0.105 e. The Bertz CT molecular complexity index is 277. The maximum atomic E-state index is 12.1. The molecule has 0 aromatic carbocycles. The van der Waals surface area contributed by atoms with Crippen LogP contribution in [0.4, 0.5) is 0 Å². The van der Waals surface area contributed by atoms with Crippen LogP contribution in [-0.4, -0.2) is 27.8 Å². The molecular weight excluding hydrogens is 304 g/mol. The maximum Gasteiger partial charge on any atom is 0.105 e. The van der Waals surface area contributed by atoms with Gasteiger partial charge >= 0.3 is 0 Å². The van der Waals surface area contributed by atoms with Crippen molar-refractivity contribution in [2.45, 2.75) is 98.8 Å². The minimum atomic E-state index is -0.626. The highest BCUT2D eigenvalue weighted by Gasteiger charge is 2.18. The van der Waals surface area contributed by atoms with Crippen molar-refractivity contribution < 1.29 is 9.66 Å². The predicted octanol–water partition coefficient (Wildman–Crippen LogP) is 5.70. The summed E-state index contributed by atoms with van der Waals surface area (Å²) in [5.74, 6) is 1.75. The van der Waals surface area contributed by atoms with Gasteiger partial charge in [-0.2, -0.15) is 0 Å². The van der Waals surface area contributed by atoms with Crippen LogP contribution < -0.4 is 0 Å². The van der Waals surface area contributed by atoms with Gasteiger partial charge in [-0.05, 0) is 68.6 Å². The van der Waals surface area contributed by atoms with Crippen LogP contribution in [0.2, 0.25) is 0 Å². The molecule has 0 aromatic heterocycles. The van der Waals surface area contributed by atoms with Crippen LogP contribution in [0.5, 0.6) is 0 Å². The molecule has 0 aliphatic heterocycles. The first-order valence-corrected chi connectivity index (χ1v) is 11.2. The normalized spacial score (nSPS) is 14.2. The third kappa shape index (κ3) is 14.3. The SMILES string of the molecule is CCCC(C)(C)CCCC[S+]([O-])CCCCC(C)(C)CCCO. The second-order valence-corrected chi connectivity index (χ2v) is 10.4. The summed E-state index contributed by atoms with van der Waals surface area (Å²) < 4.78 is 12.1. The second kappa shape index (κ2) is 12.6. The van der Waals surface area contributed by atoms with E-state index >= 15 is 0 Å². The van der Waals surface area contributed by atoms with Crippen LogP contribution in [0.3, 0.4) is 0 Å². The summed E-state index contributed by atoms with van der Waals surface area (Å²) in [6, 6.07) is 0. The molecule has 0 aliphatic rings. The first kappa shape index (κ1) is 23.3. The van der Waals surface area contributed by atoms with Crippen molar-refractivity contribution in [2.24, 2.45) is 10.8 Å². The number of unbranched alkanes of at least 4 members (excludes halogenated alkanes) is 2.